The van der Waals surface area contributed by atoms with E-state index in [9.17, 15) is 4.79 Å². The lowest BCUT2D eigenvalue weighted by molar-refractivity contribution is -0.136. The number of benzene rings is 3. The molecule has 7 heteroatoms. The Morgan fingerprint density at radius 1 is 0.943 bits per heavy atom. The summed E-state index contributed by atoms with van der Waals surface area (Å²) in [6.07, 6.45) is 1.00. The van der Waals surface area contributed by atoms with Crippen molar-refractivity contribution < 1.29 is 14.6 Å². The zero-order valence-electron chi connectivity index (χ0n) is 19.7. The molecule has 0 spiro atoms. The molecular formula is C28H31ClN2O3S. The molecule has 5 nitrogen and oxygen atoms in total. The van der Waals surface area contributed by atoms with Gasteiger partial charge in [-0.1, -0.05) is 59.8 Å². The van der Waals surface area contributed by atoms with Crippen molar-refractivity contribution in [1.29, 1.82) is 0 Å². The summed E-state index contributed by atoms with van der Waals surface area (Å²) >= 11 is 7.56. The van der Waals surface area contributed by atoms with Crippen molar-refractivity contribution >= 4 is 29.3 Å². The number of carboxylic acids is 1. The Bertz CT molecular complexity index is 1100. The summed E-state index contributed by atoms with van der Waals surface area (Å²) in [7, 11) is 0. The summed E-state index contributed by atoms with van der Waals surface area (Å²) in [6.45, 7) is 6.99. The van der Waals surface area contributed by atoms with Gasteiger partial charge in [-0.15, -0.1) is 0 Å². The van der Waals surface area contributed by atoms with Gasteiger partial charge in [0, 0.05) is 54.1 Å². The number of carbonyl (C=O) groups is 1. The van der Waals surface area contributed by atoms with E-state index in [0.29, 0.717) is 6.61 Å². The first kappa shape index (κ1) is 25.6. The van der Waals surface area contributed by atoms with E-state index < -0.39 is 5.97 Å². The second-order valence-corrected chi connectivity index (χ2v) is 10.3. The number of ether oxygens (including phenoxy) is 1. The van der Waals surface area contributed by atoms with Crippen LogP contribution in [0.3, 0.4) is 0 Å². The number of hydrogen-bond acceptors (Lipinski definition) is 5. The third-order valence-electron chi connectivity index (χ3n) is 6.02. The Hall–Kier alpha value is -2.51. The van der Waals surface area contributed by atoms with Crippen LogP contribution in [0, 0.1) is 0 Å². The molecule has 3 aromatic carbocycles. The molecule has 0 amide bonds. The monoisotopic (exact) mass is 510 g/mol. The van der Waals surface area contributed by atoms with Crippen molar-refractivity contribution in [3.05, 3.63) is 88.9 Å². The highest BCUT2D eigenvalue weighted by Gasteiger charge is 2.16. The summed E-state index contributed by atoms with van der Waals surface area (Å²) < 4.78 is 6.02. The zero-order valence-corrected chi connectivity index (χ0v) is 21.3. The number of piperazine rings is 1. The van der Waals surface area contributed by atoms with Crippen molar-refractivity contribution in [1.82, 2.24) is 9.80 Å². The average Bonchev–Trinajstić information content (AvgIpc) is 2.85. The number of aliphatic carboxylic acids is 1. The van der Waals surface area contributed by atoms with E-state index in [4.69, 9.17) is 21.4 Å². The average molecular weight is 511 g/mol. The first-order chi connectivity index (χ1) is 17.0. The highest BCUT2D eigenvalue weighted by molar-refractivity contribution is 7.99. The fourth-order valence-corrected chi connectivity index (χ4v) is 5.28. The minimum Gasteiger partial charge on any atom is -0.494 e. The number of rotatable bonds is 11. The maximum Gasteiger partial charge on any atom is 0.307 e. The van der Waals surface area contributed by atoms with Gasteiger partial charge >= 0.3 is 5.97 Å². The predicted molar refractivity (Wildman–Crippen MR) is 142 cm³/mol. The summed E-state index contributed by atoms with van der Waals surface area (Å²) in [6, 6.07) is 23.8. The van der Waals surface area contributed by atoms with Crippen LogP contribution in [0.4, 0.5) is 0 Å². The highest BCUT2D eigenvalue weighted by atomic mass is 35.5. The number of nitrogens with zero attached hydrogens (tertiary/aromatic N) is 2. The lowest BCUT2D eigenvalue weighted by atomic mass is 10.1. The molecule has 0 bridgehead atoms. The van der Waals surface area contributed by atoms with Crippen LogP contribution in [0.2, 0.25) is 5.02 Å². The fraction of sp³-hybridized carbons (Fsp3) is 0.321. The van der Waals surface area contributed by atoms with Crippen LogP contribution < -0.4 is 4.74 Å². The van der Waals surface area contributed by atoms with Crippen LogP contribution in [0.15, 0.2) is 82.6 Å². The molecule has 0 atom stereocenters. The van der Waals surface area contributed by atoms with Gasteiger partial charge in [-0.3, -0.25) is 9.69 Å². The fourth-order valence-electron chi connectivity index (χ4n) is 4.16. The molecule has 4 rings (SSSR count). The zero-order chi connectivity index (χ0) is 24.5. The molecule has 0 saturated carbocycles. The third-order valence-corrected chi connectivity index (χ3v) is 7.38. The standard InChI is InChI=1S/C28H31ClN2O3S/c29-24-11-9-22(10-12-24)21-31-16-14-30(15-17-31)13-4-18-34-25-6-3-7-26(20-25)35-27-8-2-1-5-23(27)19-28(32)33/h1-3,5-12,20H,4,13-19,21H2,(H,32,33). The quantitative estimate of drug-likeness (QED) is 0.334. The van der Waals surface area contributed by atoms with E-state index >= 15 is 0 Å². The molecule has 35 heavy (non-hydrogen) atoms. The van der Waals surface area contributed by atoms with Crippen molar-refractivity contribution in [3.63, 3.8) is 0 Å². The molecule has 1 saturated heterocycles. The lowest BCUT2D eigenvalue weighted by Crippen LogP contribution is -2.46. The van der Waals surface area contributed by atoms with Gasteiger partial charge in [0.2, 0.25) is 0 Å². The summed E-state index contributed by atoms with van der Waals surface area (Å²) in [4.78, 5) is 18.2. The molecule has 1 aliphatic rings. The van der Waals surface area contributed by atoms with Crippen molar-refractivity contribution in [2.45, 2.75) is 29.2 Å². The normalized spacial score (nSPS) is 14.7. The van der Waals surface area contributed by atoms with Gasteiger partial charge < -0.3 is 14.7 Å². The van der Waals surface area contributed by atoms with Crippen molar-refractivity contribution in [2.75, 3.05) is 39.3 Å². The van der Waals surface area contributed by atoms with E-state index in [-0.39, 0.29) is 6.42 Å². The largest absolute Gasteiger partial charge is 0.494 e. The van der Waals surface area contributed by atoms with Crippen LogP contribution in [0.5, 0.6) is 5.75 Å². The van der Waals surface area contributed by atoms with E-state index in [1.165, 1.54) is 5.56 Å². The van der Waals surface area contributed by atoms with Crippen LogP contribution in [0.25, 0.3) is 0 Å². The van der Waals surface area contributed by atoms with Crippen molar-refractivity contribution in [2.24, 2.45) is 0 Å². The molecule has 1 aliphatic heterocycles. The minimum absolute atomic E-state index is 0.0226. The van der Waals surface area contributed by atoms with Gasteiger partial charge in [-0.05, 0) is 53.9 Å². The predicted octanol–water partition coefficient (Wildman–Crippen LogP) is 5.71. The van der Waals surface area contributed by atoms with E-state index in [0.717, 1.165) is 71.8 Å². The molecule has 1 fully saturated rings. The Morgan fingerprint density at radius 3 is 2.46 bits per heavy atom. The van der Waals surface area contributed by atoms with Crippen LogP contribution in [-0.4, -0.2) is 60.2 Å². The van der Waals surface area contributed by atoms with Gasteiger partial charge in [-0.25, -0.2) is 0 Å². The number of hydrogen-bond donors (Lipinski definition) is 1. The van der Waals surface area contributed by atoms with Gasteiger partial charge in [0.15, 0.2) is 0 Å². The maximum absolute atomic E-state index is 11.1. The maximum atomic E-state index is 11.1. The van der Waals surface area contributed by atoms with Gasteiger partial charge in [-0.2, -0.15) is 0 Å². The molecule has 3 aromatic rings. The van der Waals surface area contributed by atoms with Crippen LogP contribution in [0.1, 0.15) is 17.5 Å². The van der Waals surface area contributed by atoms with Crippen molar-refractivity contribution in [3.8, 4) is 5.75 Å². The highest BCUT2D eigenvalue weighted by Crippen LogP contribution is 2.32. The summed E-state index contributed by atoms with van der Waals surface area (Å²) in [5, 5.41) is 9.94. The van der Waals surface area contributed by atoms with Crippen LogP contribution in [-0.2, 0) is 17.8 Å². The minimum atomic E-state index is -0.821. The third kappa shape index (κ3) is 8.29. The van der Waals surface area contributed by atoms with Gasteiger partial charge in [0.25, 0.3) is 0 Å². The second-order valence-electron chi connectivity index (χ2n) is 8.70. The Morgan fingerprint density at radius 2 is 1.69 bits per heavy atom. The summed E-state index contributed by atoms with van der Waals surface area (Å²) in [5.41, 5.74) is 2.13. The van der Waals surface area contributed by atoms with Gasteiger partial charge in [0.1, 0.15) is 5.75 Å². The first-order valence-electron chi connectivity index (χ1n) is 11.9. The molecule has 1 N–H and O–H groups in total. The lowest BCUT2D eigenvalue weighted by Gasteiger charge is -2.34. The summed E-state index contributed by atoms with van der Waals surface area (Å²) in [5.74, 6) is 0.0246. The molecule has 0 aliphatic carbocycles. The van der Waals surface area contributed by atoms with E-state index in [1.54, 1.807) is 11.8 Å². The molecule has 0 aromatic heterocycles. The molecule has 0 radical (unpaired) electrons. The van der Waals surface area contributed by atoms with E-state index in [2.05, 4.69) is 21.9 Å². The number of carboxylic acid groups (broad SMARTS) is 1. The first-order valence-corrected chi connectivity index (χ1v) is 13.1. The SMILES string of the molecule is O=C(O)Cc1ccccc1Sc1cccc(OCCCN2CCN(Cc3ccc(Cl)cc3)CC2)c1. The van der Waals surface area contributed by atoms with E-state index in [1.807, 2.05) is 60.7 Å². The molecule has 0 unspecified atom stereocenters. The van der Waals surface area contributed by atoms with Crippen LogP contribution >= 0.6 is 23.4 Å². The Balaban J connectivity index is 1.18. The topological polar surface area (TPSA) is 53.0 Å². The molecular weight excluding hydrogens is 480 g/mol. The second kappa shape index (κ2) is 13.0. The van der Waals surface area contributed by atoms with Gasteiger partial charge in [0.05, 0.1) is 13.0 Å². The smallest absolute Gasteiger partial charge is 0.307 e. The number of halogens is 1. The molecule has 1 heterocycles. The molecule has 184 valence electrons. The Kier molecular flexibility index (Phi) is 9.49. The Labute approximate surface area is 216 Å².